The number of nitrogens with zero attached hydrogens (tertiary/aromatic N) is 1. The fourth-order valence-electron chi connectivity index (χ4n) is 1.51. The fourth-order valence-corrected chi connectivity index (χ4v) is 1.97. The molecule has 4 nitrogen and oxygen atoms in total. The van der Waals surface area contributed by atoms with E-state index in [-0.39, 0.29) is 12.3 Å². The van der Waals surface area contributed by atoms with Gasteiger partial charge in [-0.05, 0) is 18.2 Å². The zero-order valence-corrected chi connectivity index (χ0v) is 12.2. The van der Waals surface area contributed by atoms with Crippen molar-refractivity contribution in [3.05, 3.63) is 67.1 Å². The second kappa shape index (κ2) is 6.31. The molecule has 0 aliphatic carbocycles. The lowest BCUT2D eigenvalue weighted by atomic mass is 10.2. The van der Waals surface area contributed by atoms with Crippen LogP contribution in [0.5, 0.6) is 5.75 Å². The van der Waals surface area contributed by atoms with Crippen LogP contribution in [0, 0.1) is 10.1 Å². The lowest BCUT2D eigenvalue weighted by Crippen LogP contribution is -1.98. The smallest absolute Gasteiger partial charge is 0.269 e. The van der Waals surface area contributed by atoms with Gasteiger partial charge in [0.05, 0.1) is 15.0 Å². The summed E-state index contributed by atoms with van der Waals surface area (Å²) < 4.78 is 5.49. The van der Waals surface area contributed by atoms with Crippen LogP contribution in [-0.4, -0.2) is 4.92 Å². The number of hydrogen-bond donors (Lipinski definition) is 0. The monoisotopic (exact) mass is 331 g/mol. The lowest BCUT2D eigenvalue weighted by Gasteiger charge is -2.08. The van der Waals surface area contributed by atoms with E-state index in [0.29, 0.717) is 26.4 Å². The summed E-state index contributed by atoms with van der Waals surface area (Å²) in [5.74, 6) is 0.502. The van der Waals surface area contributed by atoms with Crippen molar-refractivity contribution in [3.63, 3.8) is 0 Å². The average molecular weight is 333 g/mol. The SMILES string of the molecule is O=[N+]([O-])c1ccc(Cl)c(COc2ccc(Cl)c(Cl)c2)c1. The largest absolute Gasteiger partial charge is 0.489 e. The molecule has 0 bridgehead atoms. The highest BCUT2D eigenvalue weighted by atomic mass is 35.5. The molecule has 0 saturated heterocycles. The van der Waals surface area contributed by atoms with Crippen LogP contribution in [-0.2, 0) is 6.61 Å². The third kappa shape index (κ3) is 3.54. The van der Waals surface area contributed by atoms with E-state index >= 15 is 0 Å². The minimum absolute atomic E-state index is 0.0397. The summed E-state index contributed by atoms with van der Waals surface area (Å²) in [7, 11) is 0. The molecule has 0 radical (unpaired) electrons. The van der Waals surface area contributed by atoms with Crippen LogP contribution < -0.4 is 4.74 Å². The number of hydrogen-bond acceptors (Lipinski definition) is 3. The molecule has 7 heteroatoms. The summed E-state index contributed by atoms with van der Waals surface area (Å²) in [5.41, 5.74) is 0.481. The van der Waals surface area contributed by atoms with Crippen molar-refractivity contribution in [2.75, 3.05) is 0 Å². The second-order valence-electron chi connectivity index (χ2n) is 3.90. The highest BCUT2D eigenvalue weighted by molar-refractivity contribution is 6.42. The molecule has 0 unspecified atom stereocenters. The normalized spacial score (nSPS) is 10.3. The van der Waals surface area contributed by atoms with Gasteiger partial charge in [0.15, 0.2) is 0 Å². The molecule has 0 saturated carbocycles. The van der Waals surface area contributed by atoms with Crippen LogP contribution >= 0.6 is 34.8 Å². The van der Waals surface area contributed by atoms with Crippen molar-refractivity contribution in [3.8, 4) is 5.75 Å². The molecule has 2 rings (SSSR count). The Morgan fingerprint density at radius 2 is 1.70 bits per heavy atom. The first-order valence-corrected chi connectivity index (χ1v) is 6.61. The third-order valence-electron chi connectivity index (χ3n) is 2.53. The first kappa shape index (κ1) is 14.9. The number of non-ortho nitro benzene ring substituents is 1. The van der Waals surface area contributed by atoms with Crippen LogP contribution in [0.2, 0.25) is 15.1 Å². The number of nitro groups is 1. The van der Waals surface area contributed by atoms with E-state index in [2.05, 4.69) is 0 Å². The van der Waals surface area contributed by atoms with Gasteiger partial charge in [0.1, 0.15) is 12.4 Å². The highest BCUT2D eigenvalue weighted by Crippen LogP contribution is 2.28. The van der Waals surface area contributed by atoms with E-state index < -0.39 is 4.92 Å². The highest BCUT2D eigenvalue weighted by Gasteiger charge is 2.10. The zero-order chi connectivity index (χ0) is 14.7. The molecular weight excluding hydrogens is 325 g/mol. The second-order valence-corrected chi connectivity index (χ2v) is 5.12. The minimum Gasteiger partial charge on any atom is -0.489 e. The van der Waals surface area contributed by atoms with Gasteiger partial charge in [0, 0.05) is 28.8 Å². The van der Waals surface area contributed by atoms with Gasteiger partial charge in [0.2, 0.25) is 0 Å². The van der Waals surface area contributed by atoms with Crippen molar-refractivity contribution < 1.29 is 9.66 Å². The predicted molar refractivity (Wildman–Crippen MR) is 78.9 cm³/mol. The summed E-state index contributed by atoms with van der Waals surface area (Å²) in [4.78, 5) is 10.2. The maximum Gasteiger partial charge on any atom is 0.269 e. The predicted octanol–water partition coefficient (Wildman–Crippen LogP) is 5.13. The quantitative estimate of drug-likeness (QED) is 0.576. The number of ether oxygens (including phenoxy) is 1. The molecule has 2 aromatic rings. The molecular formula is C13H8Cl3NO3. The lowest BCUT2D eigenvalue weighted by molar-refractivity contribution is -0.384. The minimum atomic E-state index is -0.487. The maximum absolute atomic E-state index is 10.7. The Labute approximate surface area is 130 Å². The Morgan fingerprint density at radius 3 is 2.35 bits per heavy atom. The average Bonchev–Trinajstić information content (AvgIpc) is 2.41. The maximum atomic E-state index is 10.7. The van der Waals surface area contributed by atoms with Crippen molar-refractivity contribution in [1.29, 1.82) is 0 Å². The van der Waals surface area contributed by atoms with Gasteiger partial charge in [-0.25, -0.2) is 0 Å². The summed E-state index contributed by atoms with van der Waals surface area (Å²) in [6, 6.07) is 9.00. The van der Waals surface area contributed by atoms with E-state index in [4.69, 9.17) is 39.5 Å². The van der Waals surface area contributed by atoms with Crippen molar-refractivity contribution in [2.24, 2.45) is 0 Å². The van der Waals surface area contributed by atoms with E-state index in [1.54, 1.807) is 18.2 Å². The number of rotatable bonds is 4. The Hall–Kier alpha value is -1.49. The Balaban J connectivity index is 2.15. The molecule has 0 fully saturated rings. The molecule has 0 spiro atoms. The van der Waals surface area contributed by atoms with Gasteiger partial charge >= 0.3 is 0 Å². The Bertz CT molecular complexity index is 661. The zero-order valence-electron chi connectivity index (χ0n) is 9.98. The molecule has 0 amide bonds. The molecule has 0 aromatic heterocycles. The number of benzene rings is 2. The third-order valence-corrected chi connectivity index (χ3v) is 3.63. The van der Waals surface area contributed by atoms with E-state index in [0.717, 1.165) is 0 Å². The van der Waals surface area contributed by atoms with Gasteiger partial charge in [-0.2, -0.15) is 0 Å². The van der Waals surface area contributed by atoms with Gasteiger partial charge in [-0.15, -0.1) is 0 Å². The number of nitro benzene ring substituents is 1. The summed E-state index contributed by atoms with van der Waals surface area (Å²) in [5, 5.41) is 11.9. The van der Waals surface area contributed by atoms with Gasteiger partial charge in [0.25, 0.3) is 5.69 Å². The number of halogens is 3. The first-order chi connectivity index (χ1) is 9.47. The topological polar surface area (TPSA) is 52.4 Å². The summed E-state index contributed by atoms with van der Waals surface area (Å²) in [6.45, 7) is 0.0957. The van der Waals surface area contributed by atoms with E-state index in [1.165, 1.54) is 18.2 Å². The molecule has 20 heavy (non-hydrogen) atoms. The van der Waals surface area contributed by atoms with Crippen LogP contribution in [0.15, 0.2) is 36.4 Å². The van der Waals surface area contributed by atoms with Gasteiger partial charge < -0.3 is 4.74 Å². The van der Waals surface area contributed by atoms with Crippen molar-refractivity contribution >= 4 is 40.5 Å². The van der Waals surface area contributed by atoms with Crippen molar-refractivity contribution in [2.45, 2.75) is 6.61 Å². The fraction of sp³-hybridized carbons (Fsp3) is 0.0769. The molecule has 2 aromatic carbocycles. The van der Waals surface area contributed by atoms with Crippen LogP contribution in [0.4, 0.5) is 5.69 Å². The van der Waals surface area contributed by atoms with Crippen molar-refractivity contribution in [1.82, 2.24) is 0 Å². The van der Waals surface area contributed by atoms with Gasteiger partial charge in [-0.3, -0.25) is 10.1 Å². The molecule has 104 valence electrons. The summed E-state index contributed by atoms with van der Waals surface area (Å²) in [6.07, 6.45) is 0. The Kier molecular flexibility index (Phi) is 4.70. The van der Waals surface area contributed by atoms with Crippen LogP contribution in [0.1, 0.15) is 5.56 Å². The Morgan fingerprint density at radius 1 is 1.00 bits per heavy atom. The molecule has 0 aliphatic rings. The van der Waals surface area contributed by atoms with Gasteiger partial charge in [-0.1, -0.05) is 34.8 Å². The molecule has 0 N–H and O–H groups in total. The standard InChI is InChI=1S/C13H8Cl3NO3/c14-11-3-1-9(17(18)19)5-8(11)7-20-10-2-4-12(15)13(16)6-10/h1-6H,7H2. The first-order valence-electron chi connectivity index (χ1n) is 5.48. The molecule has 0 heterocycles. The van der Waals surface area contributed by atoms with Crippen LogP contribution in [0.25, 0.3) is 0 Å². The van der Waals surface area contributed by atoms with Crippen LogP contribution in [0.3, 0.4) is 0 Å². The van der Waals surface area contributed by atoms with E-state index in [1.807, 2.05) is 0 Å². The van der Waals surface area contributed by atoms with E-state index in [9.17, 15) is 10.1 Å². The summed E-state index contributed by atoms with van der Waals surface area (Å²) >= 11 is 17.6. The molecule has 0 aliphatic heterocycles. The molecule has 0 atom stereocenters.